The van der Waals surface area contributed by atoms with E-state index >= 15 is 0 Å². The Morgan fingerprint density at radius 1 is 1.16 bits per heavy atom. The van der Waals surface area contributed by atoms with Crippen molar-refractivity contribution in [3.63, 3.8) is 0 Å². The molecule has 0 radical (unpaired) electrons. The first-order valence-electron chi connectivity index (χ1n) is 7.73. The van der Waals surface area contributed by atoms with Gasteiger partial charge in [0.25, 0.3) is 0 Å². The molecule has 0 amide bonds. The van der Waals surface area contributed by atoms with Gasteiger partial charge in [0.1, 0.15) is 17.7 Å². The first-order valence-corrected chi connectivity index (χ1v) is 7.73. The molecule has 130 valence electrons. The predicted molar refractivity (Wildman–Crippen MR) is 84.4 cm³/mol. The topological polar surface area (TPSA) is 37.7 Å². The summed E-state index contributed by atoms with van der Waals surface area (Å²) < 4.78 is 54.4. The summed E-state index contributed by atoms with van der Waals surface area (Å²) in [6, 6.07) is 7.54. The zero-order chi connectivity index (χ0) is 17.6. The van der Waals surface area contributed by atoms with Gasteiger partial charge in [-0.3, -0.25) is 0 Å². The van der Waals surface area contributed by atoms with E-state index in [1.807, 2.05) is 4.90 Å². The van der Waals surface area contributed by atoms with Crippen LogP contribution < -0.4 is 9.64 Å². The van der Waals surface area contributed by atoms with E-state index in [0.717, 1.165) is 5.56 Å². The number of alkyl halides is 4. The molecule has 2 aliphatic heterocycles. The lowest BCUT2D eigenvalue weighted by Gasteiger charge is -2.22. The van der Waals surface area contributed by atoms with E-state index in [0.29, 0.717) is 42.3 Å². The van der Waals surface area contributed by atoms with Crippen LogP contribution in [-0.2, 0) is 0 Å². The molecule has 4 nitrogen and oxygen atoms in total. The van der Waals surface area contributed by atoms with Crippen molar-refractivity contribution in [3.05, 3.63) is 47.7 Å². The van der Waals surface area contributed by atoms with Gasteiger partial charge in [-0.15, -0.1) is 13.2 Å². The smallest absolute Gasteiger partial charge is 0.406 e. The molecular weight excluding hydrogens is 338 g/mol. The van der Waals surface area contributed by atoms with E-state index in [4.69, 9.17) is 0 Å². The van der Waals surface area contributed by atoms with Crippen LogP contribution in [0.15, 0.2) is 41.5 Å². The zero-order valence-corrected chi connectivity index (χ0v) is 12.9. The van der Waals surface area contributed by atoms with Gasteiger partial charge in [0.15, 0.2) is 0 Å². The summed E-state index contributed by atoms with van der Waals surface area (Å²) in [7, 11) is 0. The highest BCUT2D eigenvalue weighted by Crippen LogP contribution is 2.37. The molecule has 1 atom stereocenters. The standard InChI is InChI=1S/C17H13F4N3O/c18-11-4-6-24(9-11)15-7-10(3-5-22-15)16-13-8-12(25-17(19,20)21)1-2-14(13)23-16/h1-3,5,7-8,11H,4,6,9H2. The minimum atomic E-state index is -4.74. The number of hydrogen-bond acceptors (Lipinski definition) is 4. The van der Waals surface area contributed by atoms with Gasteiger partial charge in [-0.1, -0.05) is 0 Å². The Morgan fingerprint density at radius 3 is 2.72 bits per heavy atom. The van der Waals surface area contributed by atoms with Gasteiger partial charge >= 0.3 is 6.36 Å². The Balaban J connectivity index is 1.59. The number of rotatable bonds is 3. The highest BCUT2D eigenvalue weighted by Gasteiger charge is 2.32. The van der Waals surface area contributed by atoms with Crippen molar-refractivity contribution >= 4 is 17.2 Å². The Kier molecular flexibility index (Phi) is 3.63. The SMILES string of the molecule is FC1CCN(c2cc(C3=Nc4ccc(OC(F)(F)F)cc43)ccn2)C1. The van der Waals surface area contributed by atoms with Crippen LogP contribution in [0, 0.1) is 0 Å². The molecule has 0 N–H and O–H groups in total. The fourth-order valence-electron chi connectivity index (χ4n) is 3.01. The van der Waals surface area contributed by atoms with Crippen molar-refractivity contribution in [2.75, 3.05) is 18.0 Å². The average Bonchev–Trinajstić information content (AvgIpc) is 2.96. The molecule has 1 fully saturated rings. The Bertz CT molecular complexity index is 850. The third-order valence-corrected chi connectivity index (χ3v) is 4.16. The maximum Gasteiger partial charge on any atom is 0.573 e. The highest BCUT2D eigenvalue weighted by molar-refractivity contribution is 6.22. The molecule has 25 heavy (non-hydrogen) atoms. The van der Waals surface area contributed by atoms with Crippen LogP contribution in [0.25, 0.3) is 0 Å². The number of halogens is 4. The summed E-state index contributed by atoms with van der Waals surface area (Å²) in [6.07, 6.45) is -3.55. The van der Waals surface area contributed by atoms with E-state index in [1.54, 1.807) is 18.3 Å². The lowest BCUT2D eigenvalue weighted by atomic mass is 9.96. The quantitative estimate of drug-likeness (QED) is 0.669. The fourth-order valence-corrected chi connectivity index (χ4v) is 3.01. The van der Waals surface area contributed by atoms with Gasteiger partial charge in [-0.25, -0.2) is 14.4 Å². The second-order valence-electron chi connectivity index (χ2n) is 5.92. The van der Waals surface area contributed by atoms with Crippen molar-refractivity contribution in [1.29, 1.82) is 0 Å². The summed E-state index contributed by atoms with van der Waals surface area (Å²) in [5.74, 6) is 0.351. The number of aromatic nitrogens is 1. The number of hydrogen-bond donors (Lipinski definition) is 0. The van der Waals surface area contributed by atoms with Gasteiger partial charge in [-0.2, -0.15) is 0 Å². The highest BCUT2D eigenvalue weighted by atomic mass is 19.4. The molecule has 4 rings (SSSR count). The fraction of sp³-hybridized carbons (Fsp3) is 0.294. The van der Waals surface area contributed by atoms with Crippen molar-refractivity contribution < 1.29 is 22.3 Å². The number of anilines is 1. The molecule has 1 aromatic heterocycles. The summed E-state index contributed by atoms with van der Waals surface area (Å²) in [6.45, 7) is 0.882. The van der Waals surface area contributed by atoms with E-state index in [-0.39, 0.29) is 5.75 Å². The van der Waals surface area contributed by atoms with Crippen LogP contribution >= 0.6 is 0 Å². The number of aliphatic imine (C=N–C) groups is 1. The monoisotopic (exact) mass is 351 g/mol. The molecular formula is C17H13F4N3O. The Hall–Kier alpha value is -2.64. The van der Waals surface area contributed by atoms with Crippen LogP contribution in [0.2, 0.25) is 0 Å². The second kappa shape index (κ2) is 5.72. The van der Waals surface area contributed by atoms with Crippen LogP contribution in [0.4, 0.5) is 29.1 Å². The molecule has 0 spiro atoms. The van der Waals surface area contributed by atoms with Crippen molar-refractivity contribution in [1.82, 2.24) is 4.98 Å². The predicted octanol–water partition coefficient (Wildman–Crippen LogP) is 4.01. The lowest BCUT2D eigenvalue weighted by molar-refractivity contribution is -0.274. The van der Waals surface area contributed by atoms with Crippen LogP contribution in [0.1, 0.15) is 17.5 Å². The number of benzene rings is 1. The maximum atomic E-state index is 13.4. The van der Waals surface area contributed by atoms with E-state index < -0.39 is 12.5 Å². The maximum absolute atomic E-state index is 13.4. The third-order valence-electron chi connectivity index (χ3n) is 4.16. The molecule has 8 heteroatoms. The zero-order valence-electron chi connectivity index (χ0n) is 12.9. The molecule has 0 bridgehead atoms. The number of fused-ring (bicyclic) bond motifs is 1. The number of ether oxygens (including phenoxy) is 1. The molecule has 0 saturated carbocycles. The first kappa shape index (κ1) is 15.9. The first-order chi connectivity index (χ1) is 11.9. The minimum absolute atomic E-state index is 0.284. The van der Waals surface area contributed by atoms with Gasteiger partial charge in [0.2, 0.25) is 0 Å². The van der Waals surface area contributed by atoms with Gasteiger partial charge in [0.05, 0.1) is 17.9 Å². The van der Waals surface area contributed by atoms with Gasteiger partial charge in [-0.05, 0) is 36.8 Å². The molecule has 1 unspecified atom stereocenters. The average molecular weight is 351 g/mol. The van der Waals surface area contributed by atoms with E-state index in [9.17, 15) is 17.6 Å². The third kappa shape index (κ3) is 3.16. The van der Waals surface area contributed by atoms with Crippen molar-refractivity contribution in [3.8, 4) is 5.75 Å². The van der Waals surface area contributed by atoms with Crippen molar-refractivity contribution in [2.24, 2.45) is 4.99 Å². The van der Waals surface area contributed by atoms with Gasteiger partial charge in [0, 0.05) is 23.9 Å². The summed E-state index contributed by atoms with van der Waals surface area (Å²) in [5, 5.41) is 0. The number of pyridine rings is 1. The summed E-state index contributed by atoms with van der Waals surface area (Å²) in [5.41, 5.74) is 2.49. The van der Waals surface area contributed by atoms with Crippen LogP contribution in [0.5, 0.6) is 5.75 Å². The molecule has 2 aliphatic rings. The minimum Gasteiger partial charge on any atom is -0.406 e. The number of nitrogens with zero attached hydrogens (tertiary/aromatic N) is 3. The Morgan fingerprint density at radius 2 is 2.00 bits per heavy atom. The van der Waals surface area contributed by atoms with E-state index in [2.05, 4.69) is 14.7 Å². The van der Waals surface area contributed by atoms with Gasteiger partial charge < -0.3 is 9.64 Å². The summed E-state index contributed by atoms with van der Waals surface area (Å²) >= 11 is 0. The largest absolute Gasteiger partial charge is 0.573 e. The van der Waals surface area contributed by atoms with Crippen LogP contribution in [0.3, 0.4) is 0 Å². The molecule has 1 aromatic carbocycles. The van der Waals surface area contributed by atoms with E-state index in [1.165, 1.54) is 18.2 Å². The van der Waals surface area contributed by atoms with Crippen molar-refractivity contribution in [2.45, 2.75) is 19.0 Å². The molecule has 1 saturated heterocycles. The Labute approximate surface area is 140 Å². The molecule has 2 aromatic rings. The lowest BCUT2D eigenvalue weighted by Crippen LogP contribution is -2.22. The molecule has 3 heterocycles. The van der Waals surface area contributed by atoms with Crippen LogP contribution in [-0.4, -0.2) is 36.3 Å². The summed E-state index contributed by atoms with van der Waals surface area (Å²) in [4.78, 5) is 10.4. The normalized spacial score (nSPS) is 19.3. The second-order valence-corrected chi connectivity index (χ2v) is 5.92. The molecule has 0 aliphatic carbocycles.